The van der Waals surface area contributed by atoms with Crippen molar-refractivity contribution in [2.75, 3.05) is 59.3 Å². The van der Waals surface area contributed by atoms with Crippen LogP contribution in [0.25, 0.3) is 0 Å². The lowest BCUT2D eigenvalue weighted by atomic mass is 10.4. The van der Waals surface area contributed by atoms with E-state index in [2.05, 4.69) is 10.6 Å². The summed E-state index contributed by atoms with van der Waals surface area (Å²) in [6, 6.07) is -0.134. The zero-order chi connectivity index (χ0) is 14.9. The van der Waals surface area contributed by atoms with E-state index in [-0.39, 0.29) is 6.03 Å². The van der Waals surface area contributed by atoms with Crippen LogP contribution in [0.2, 0.25) is 0 Å². The Balaban J connectivity index is 3.01. The van der Waals surface area contributed by atoms with E-state index in [0.717, 1.165) is 12.8 Å². The maximum Gasteiger partial charge on any atom is 0.314 e. The molecular formula is C13H29N3O4. The van der Waals surface area contributed by atoms with E-state index >= 15 is 0 Å². The highest BCUT2D eigenvalue weighted by Gasteiger charge is 1.96. The van der Waals surface area contributed by atoms with Crippen LogP contribution in [0.1, 0.15) is 19.8 Å². The summed E-state index contributed by atoms with van der Waals surface area (Å²) in [5, 5.41) is 5.39. The normalized spacial score (nSPS) is 10.5. The number of hydrogen-bond donors (Lipinski definition) is 3. The summed E-state index contributed by atoms with van der Waals surface area (Å²) in [6.07, 6.45) is 1.67. The van der Waals surface area contributed by atoms with Crippen molar-refractivity contribution in [3.63, 3.8) is 0 Å². The van der Waals surface area contributed by atoms with Crippen molar-refractivity contribution in [1.82, 2.24) is 10.6 Å². The molecule has 7 nitrogen and oxygen atoms in total. The molecular weight excluding hydrogens is 262 g/mol. The van der Waals surface area contributed by atoms with E-state index in [1.165, 1.54) is 0 Å². The minimum absolute atomic E-state index is 0.134. The first-order chi connectivity index (χ1) is 9.81. The number of amides is 2. The van der Waals surface area contributed by atoms with Gasteiger partial charge in [0.1, 0.15) is 0 Å². The maximum absolute atomic E-state index is 11.0. The largest absolute Gasteiger partial charge is 0.379 e. The minimum atomic E-state index is -0.134. The molecule has 0 heterocycles. The number of ether oxygens (including phenoxy) is 3. The van der Waals surface area contributed by atoms with Crippen molar-refractivity contribution in [2.24, 2.45) is 5.73 Å². The number of hydrogen-bond acceptors (Lipinski definition) is 5. The van der Waals surface area contributed by atoms with Crippen molar-refractivity contribution >= 4 is 6.03 Å². The Morgan fingerprint density at radius 2 is 1.45 bits per heavy atom. The van der Waals surface area contributed by atoms with Crippen LogP contribution in [0, 0.1) is 0 Å². The Kier molecular flexibility index (Phi) is 15.4. The highest BCUT2D eigenvalue weighted by molar-refractivity contribution is 5.73. The predicted molar refractivity (Wildman–Crippen MR) is 77.8 cm³/mol. The summed E-state index contributed by atoms with van der Waals surface area (Å²) in [4.78, 5) is 11.0. The van der Waals surface area contributed by atoms with Gasteiger partial charge in [0.05, 0.1) is 26.4 Å². The van der Waals surface area contributed by atoms with Gasteiger partial charge in [-0.25, -0.2) is 4.79 Å². The molecule has 0 aromatic heterocycles. The van der Waals surface area contributed by atoms with Gasteiger partial charge in [0, 0.05) is 26.3 Å². The van der Waals surface area contributed by atoms with E-state index in [1.807, 2.05) is 6.92 Å². The first-order valence-electron chi connectivity index (χ1n) is 7.26. The molecule has 20 heavy (non-hydrogen) atoms. The van der Waals surface area contributed by atoms with Crippen molar-refractivity contribution in [1.29, 1.82) is 0 Å². The van der Waals surface area contributed by atoms with E-state index in [9.17, 15) is 4.79 Å². The summed E-state index contributed by atoms with van der Waals surface area (Å²) >= 11 is 0. The average molecular weight is 291 g/mol. The molecule has 0 aliphatic rings. The Labute approximate surface area is 121 Å². The molecule has 4 N–H and O–H groups in total. The molecule has 0 spiro atoms. The smallest absolute Gasteiger partial charge is 0.314 e. The second kappa shape index (κ2) is 16.2. The van der Waals surface area contributed by atoms with E-state index in [0.29, 0.717) is 59.3 Å². The first kappa shape index (κ1) is 19.1. The zero-order valence-corrected chi connectivity index (χ0v) is 12.5. The topological polar surface area (TPSA) is 94.8 Å². The molecule has 0 aromatic carbocycles. The van der Waals surface area contributed by atoms with Gasteiger partial charge < -0.3 is 30.6 Å². The van der Waals surface area contributed by atoms with Crippen LogP contribution in [-0.2, 0) is 14.2 Å². The molecule has 0 atom stereocenters. The lowest BCUT2D eigenvalue weighted by Gasteiger charge is -2.07. The highest BCUT2D eigenvalue weighted by Crippen LogP contribution is 1.85. The number of carbonyl (C=O) groups is 1. The van der Waals surface area contributed by atoms with Crippen molar-refractivity contribution in [2.45, 2.75) is 19.8 Å². The second-order valence-electron chi connectivity index (χ2n) is 4.12. The molecule has 0 aromatic rings. The van der Waals surface area contributed by atoms with Crippen molar-refractivity contribution in [3.05, 3.63) is 0 Å². The van der Waals surface area contributed by atoms with Crippen LogP contribution in [0.4, 0.5) is 4.79 Å². The van der Waals surface area contributed by atoms with Gasteiger partial charge in [-0.1, -0.05) is 0 Å². The Morgan fingerprint density at radius 3 is 2.00 bits per heavy atom. The third-order valence-corrected chi connectivity index (χ3v) is 2.33. The molecule has 0 bridgehead atoms. The molecule has 0 aliphatic carbocycles. The van der Waals surface area contributed by atoms with Crippen LogP contribution in [0.5, 0.6) is 0 Å². The molecule has 120 valence electrons. The molecule has 0 radical (unpaired) electrons. The van der Waals surface area contributed by atoms with E-state index in [4.69, 9.17) is 19.9 Å². The third kappa shape index (κ3) is 15.2. The van der Waals surface area contributed by atoms with E-state index < -0.39 is 0 Å². The Hall–Kier alpha value is -0.890. The number of nitrogens with two attached hydrogens (primary N) is 1. The lowest BCUT2D eigenvalue weighted by molar-refractivity contribution is 0.0141. The van der Waals surface area contributed by atoms with Gasteiger partial charge in [-0.05, 0) is 26.3 Å². The highest BCUT2D eigenvalue weighted by atomic mass is 16.5. The predicted octanol–water partition coefficient (Wildman–Crippen LogP) is 0.0942. The maximum atomic E-state index is 11.0. The van der Waals surface area contributed by atoms with Crippen LogP contribution >= 0.6 is 0 Å². The molecule has 0 saturated heterocycles. The molecule has 0 rings (SSSR count). The van der Waals surface area contributed by atoms with E-state index in [1.54, 1.807) is 0 Å². The number of carbonyl (C=O) groups excluding carboxylic acids is 1. The van der Waals surface area contributed by atoms with Gasteiger partial charge in [0.2, 0.25) is 0 Å². The Morgan fingerprint density at radius 1 is 0.900 bits per heavy atom. The lowest BCUT2D eigenvalue weighted by Crippen LogP contribution is -2.36. The van der Waals surface area contributed by atoms with Crippen LogP contribution in [-0.4, -0.2) is 65.3 Å². The van der Waals surface area contributed by atoms with Gasteiger partial charge in [0.25, 0.3) is 0 Å². The van der Waals surface area contributed by atoms with Gasteiger partial charge in [-0.2, -0.15) is 0 Å². The SMILES string of the molecule is CCNC(=O)NCCCOCCOCCOCCCN. The van der Waals surface area contributed by atoms with Crippen LogP contribution in [0.3, 0.4) is 0 Å². The first-order valence-corrected chi connectivity index (χ1v) is 7.26. The molecule has 0 fully saturated rings. The third-order valence-electron chi connectivity index (χ3n) is 2.33. The van der Waals surface area contributed by atoms with Crippen LogP contribution in [0.15, 0.2) is 0 Å². The molecule has 0 saturated carbocycles. The minimum Gasteiger partial charge on any atom is -0.379 e. The average Bonchev–Trinajstić information content (AvgIpc) is 2.44. The molecule has 0 aliphatic heterocycles. The zero-order valence-electron chi connectivity index (χ0n) is 12.5. The van der Waals surface area contributed by atoms with Crippen molar-refractivity contribution in [3.8, 4) is 0 Å². The Bertz CT molecular complexity index is 218. The quantitative estimate of drug-likeness (QED) is 0.394. The van der Waals surface area contributed by atoms with Gasteiger partial charge in [0.15, 0.2) is 0 Å². The summed E-state index contributed by atoms with van der Waals surface area (Å²) in [6.45, 7) is 7.38. The fraction of sp³-hybridized carbons (Fsp3) is 0.923. The summed E-state index contributed by atoms with van der Waals surface area (Å²) in [5.41, 5.74) is 5.34. The van der Waals surface area contributed by atoms with Crippen LogP contribution < -0.4 is 16.4 Å². The van der Waals surface area contributed by atoms with Gasteiger partial charge in [-0.15, -0.1) is 0 Å². The fourth-order valence-electron chi connectivity index (χ4n) is 1.33. The summed E-state index contributed by atoms with van der Waals surface area (Å²) < 4.78 is 16.0. The molecule has 0 unspecified atom stereocenters. The second-order valence-corrected chi connectivity index (χ2v) is 4.12. The van der Waals surface area contributed by atoms with Crippen molar-refractivity contribution < 1.29 is 19.0 Å². The number of nitrogens with one attached hydrogen (secondary N) is 2. The monoisotopic (exact) mass is 291 g/mol. The van der Waals surface area contributed by atoms with Gasteiger partial charge in [-0.3, -0.25) is 0 Å². The summed E-state index contributed by atoms with van der Waals surface area (Å²) in [7, 11) is 0. The summed E-state index contributed by atoms with van der Waals surface area (Å²) in [5.74, 6) is 0. The number of rotatable bonds is 14. The standard InChI is InChI=1S/C13H29N3O4/c1-2-15-13(17)16-6-4-8-19-10-12-20-11-9-18-7-3-5-14/h2-12,14H2,1H3,(H2,15,16,17). The molecule has 2 amide bonds. The fourth-order valence-corrected chi connectivity index (χ4v) is 1.33. The number of urea groups is 1. The van der Waals surface area contributed by atoms with Gasteiger partial charge >= 0.3 is 6.03 Å². The molecule has 7 heteroatoms.